The third-order valence-electron chi connectivity index (χ3n) is 4.37. The number of nitrogens with zero attached hydrogens (tertiary/aromatic N) is 3. The van der Waals surface area contributed by atoms with Crippen molar-refractivity contribution in [3.05, 3.63) is 47.1 Å². The summed E-state index contributed by atoms with van der Waals surface area (Å²) in [4.78, 5) is 18.6. The third kappa shape index (κ3) is 5.95. The molecule has 0 radical (unpaired) electrons. The first kappa shape index (κ1) is 20.1. The molecule has 1 aromatic carbocycles. The molecule has 0 spiro atoms. The van der Waals surface area contributed by atoms with E-state index in [1.807, 2.05) is 27.9 Å². The number of aromatic nitrogens is 2. The molecule has 0 saturated heterocycles. The number of benzene rings is 1. The Kier molecular flexibility index (Phi) is 7.33. The maximum Gasteiger partial charge on any atom is 0.226 e. The zero-order chi connectivity index (χ0) is 19.1. The van der Waals surface area contributed by atoms with E-state index in [0.29, 0.717) is 31.7 Å². The van der Waals surface area contributed by atoms with E-state index in [0.717, 1.165) is 5.82 Å². The van der Waals surface area contributed by atoms with Crippen molar-refractivity contribution >= 4 is 5.91 Å². The maximum atomic E-state index is 12.2. The fraction of sp³-hybridized carbons (Fsp3) is 0.550. The molecule has 2 rings (SSSR count). The Labute approximate surface area is 156 Å². The zero-order valence-corrected chi connectivity index (χ0v) is 16.5. The van der Waals surface area contributed by atoms with Gasteiger partial charge in [0.1, 0.15) is 0 Å². The third-order valence-corrected chi connectivity index (χ3v) is 4.37. The molecule has 1 unspecified atom stereocenters. The van der Waals surface area contributed by atoms with Gasteiger partial charge in [0, 0.05) is 25.3 Å². The van der Waals surface area contributed by atoms with Crippen LogP contribution in [0, 0.1) is 6.92 Å². The number of rotatable bonds is 9. The lowest BCUT2D eigenvalue weighted by Crippen LogP contribution is -2.34. The average Bonchev–Trinajstić information content (AvgIpc) is 3.05. The van der Waals surface area contributed by atoms with E-state index >= 15 is 0 Å². The highest BCUT2D eigenvalue weighted by Gasteiger charge is 2.15. The largest absolute Gasteiger partial charge is 0.354 e. The van der Waals surface area contributed by atoms with Crippen LogP contribution in [0.2, 0.25) is 0 Å². The maximum absolute atomic E-state index is 12.2. The predicted molar refractivity (Wildman–Crippen MR) is 102 cm³/mol. The summed E-state index contributed by atoms with van der Waals surface area (Å²) in [5.41, 5.74) is 2.44. The van der Waals surface area contributed by atoms with E-state index < -0.39 is 0 Å². The number of hydrogen-bond donors (Lipinski definition) is 1. The van der Waals surface area contributed by atoms with Crippen molar-refractivity contribution in [3.63, 3.8) is 0 Å². The van der Waals surface area contributed by atoms with Gasteiger partial charge in [0.15, 0.2) is 5.82 Å². The average molecular weight is 358 g/mol. The molecule has 1 N–H and O–H groups in total. The molecule has 6 nitrogen and oxygen atoms in total. The Bertz CT molecular complexity index is 692. The van der Waals surface area contributed by atoms with Crippen LogP contribution in [0.15, 0.2) is 28.8 Å². The van der Waals surface area contributed by atoms with Crippen LogP contribution in [-0.2, 0) is 11.2 Å². The molecule has 1 aromatic heterocycles. The lowest BCUT2D eigenvalue weighted by Gasteiger charge is -2.25. The fourth-order valence-electron chi connectivity index (χ4n) is 2.69. The Morgan fingerprint density at radius 3 is 2.50 bits per heavy atom. The molecule has 26 heavy (non-hydrogen) atoms. The molecular weight excluding hydrogens is 328 g/mol. The molecule has 0 fully saturated rings. The van der Waals surface area contributed by atoms with Gasteiger partial charge in [-0.15, -0.1) is 0 Å². The van der Waals surface area contributed by atoms with Gasteiger partial charge < -0.3 is 14.7 Å². The highest BCUT2D eigenvalue weighted by molar-refractivity contribution is 5.75. The van der Waals surface area contributed by atoms with E-state index in [1.54, 1.807) is 0 Å². The van der Waals surface area contributed by atoms with Gasteiger partial charge in [-0.3, -0.25) is 4.79 Å². The van der Waals surface area contributed by atoms with E-state index in [1.165, 1.54) is 11.1 Å². The molecule has 1 atom stereocenters. The first-order valence-electron chi connectivity index (χ1n) is 9.19. The van der Waals surface area contributed by atoms with Crippen LogP contribution in [0.3, 0.4) is 0 Å². The minimum atomic E-state index is 0.0487. The molecular formula is C20H30N4O2. The van der Waals surface area contributed by atoms with Gasteiger partial charge in [-0.1, -0.05) is 48.8 Å². The summed E-state index contributed by atoms with van der Waals surface area (Å²) in [6.45, 7) is 6.71. The van der Waals surface area contributed by atoms with E-state index in [4.69, 9.17) is 4.52 Å². The Morgan fingerprint density at radius 1 is 1.23 bits per heavy atom. The fourth-order valence-corrected chi connectivity index (χ4v) is 2.69. The number of likely N-dealkylation sites (N-methyl/N-ethyl adjacent to an activating group) is 1. The van der Waals surface area contributed by atoms with Crippen molar-refractivity contribution in [3.8, 4) is 0 Å². The standard InChI is InChI=1S/C20H30N4O2/c1-14(2)20-22-19(26-23-20)8-6-7-18(25)21-13-17(24(4)5)16-11-9-15(3)10-12-16/h9-12,14,17H,6-8,13H2,1-5H3,(H,21,25). The minimum Gasteiger partial charge on any atom is -0.354 e. The van der Waals surface area contributed by atoms with Crippen LogP contribution < -0.4 is 5.32 Å². The van der Waals surface area contributed by atoms with Gasteiger partial charge in [0.2, 0.25) is 11.8 Å². The van der Waals surface area contributed by atoms with Crippen LogP contribution in [0.25, 0.3) is 0 Å². The Balaban J connectivity index is 1.78. The molecule has 0 aliphatic heterocycles. The summed E-state index contributed by atoms with van der Waals surface area (Å²) in [5.74, 6) is 1.62. The second-order valence-corrected chi connectivity index (χ2v) is 7.25. The minimum absolute atomic E-state index is 0.0487. The van der Waals surface area contributed by atoms with E-state index in [9.17, 15) is 4.79 Å². The topological polar surface area (TPSA) is 71.3 Å². The van der Waals surface area contributed by atoms with Gasteiger partial charge in [0.05, 0.1) is 6.04 Å². The normalized spacial score (nSPS) is 12.6. The van der Waals surface area contributed by atoms with Crippen LogP contribution in [0.1, 0.15) is 61.5 Å². The number of carbonyl (C=O) groups is 1. The summed E-state index contributed by atoms with van der Waals surface area (Å²) in [6, 6.07) is 8.60. The van der Waals surface area contributed by atoms with Crippen LogP contribution in [0.5, 0.6) is 0 Å². The van der Waals surface area contributed by atoms with Crippen molar-refractivity contribution in [1.82, 2.24) is 20.4 Å². The SMILES string of the molecule is Cc1ccc(C(CNC(=O)CCCc2nc(C(C)C)no2)N(C)C)cc1. The Hall–Kier alpha value is -2.21. The second kappa shape index (κ2) is 9.48. The second-order valence-electron chi connectivity index (χ2n) is 7.25. The van der Waals surface area contributed by atoms with Gasteiger partial charge in [-0.25, -0.2) is 0 Å². The number of aryl methyl sites for hydroxylation is 2. The van der Waals surface area contributed by atoms with Crippen molar-refractivity contribution in [2.24, 2.45) is 0 Å². The van der Waals surface area contributed by atoms with Crippen LogP contribution in [-0.4, -0.2) is 41.6 Å². The lowest BCUT2D eigenvalue weighted by molar-refractivity contribution is -0.121. The van der Waals surface area contributed by atoms with Gasteiger partial charge >= 0.3 is 0 Å². The van der Waals surface area contributed by atoms with Gasteiger partial charge in [-0.05, 0) is 33.0 Å². The number of nitrogens with one attached hydrogen (secondary N) is 1. The summed E-state index contributed by atoms with van der Waals surface area (Å²) >= 11 is 0. The molecule has 1 heterocycles. The predicted octanol–water partition coefficient (Wildman–Crippen LogP) is 3.24. The molecule has 0 bridgehead atoms. The first-order valence-corrected chi connectivity index (χ1v) is 9.19. The molecule has 6 heteroatoms. The quantitative estimate of drug-likeness (QED) is 0.745. The van der Waals surface area contributed by atoms with Crippen LogP contribution in [0.4, 0.5) is 0 Å². The van der Waals surface area contributed by atoms with Crippen LogP contribution >= 0.6 is 0 Å². The molecule has 0 aliphatic carbocycles. The Morgan fingerprint density at radius 2 is 1.92 bits per heavy atom. The number of amides is 1. The molecule has 0 aliphatic rings. The van der Waals surface area contributed by atoms with Gasteiger partial charge in [0.25, 0.3) is 0 Å². The lowest BCUT2D eigenvalue weighted by atomic mass is 10.0. The smallest absolute Gasteiger partial charge is 0.226 e. The number of carbonyl (C=O) groups excluding carboxylic acids is 1. The first-order chi connectivity index (χ1) is 12.4. The van der Waals surface area contributed by atoms with Crippen molar-refractivity contribution in [1.29, 1.82) is 0 Å². The highest BCUT2D eigenvalue weighted by Crippen LogP contribution is 2.18. The summed E-state index contributed by atoms with van der Waals surface area (Å²) in [6.07, 6.45) is 1.78. The monoisotopic (exact) mass is 358 g/mol. The van der Waals surface area contributed by atoms with Crippen molar-refractivity contribution in [2.75, 3.05) is 20.6 Å². The summed E-state index contributed by atoms with van der Waals surface area (Å²) in [7, 11) is 4.05. The van der Waals surface area contributed by atoms with Gasteiger partial charge in [-0.2, -0.15) is 4.98 Å². The highest BCUT2D eigenvalue weighted by atomic mass is 16.5. The van der Waals surface area contributed by atoms with E-state index in [-0.39, 0.29) is 17.9 Å². The van der Waals surface area contributed by atoms with E-state index in [2.05, 4.69) is 51.5 Å². The molecule has 2 aromatic rings. The zero-order valence-electron chi connectivity index (χ0n) is 16.5. The molecule has 1 amide bonds. The number of hydrogen-bond acceptors (Lipinski definition) is 5. The molecule has 0 saturated carbocycles. The molecule has 142 valence electrons. The van der Waals surface area contributed by atoms with Crippen molar-refractivity contribution < 1.29 is 9.32 Å². The summed E-state index contributed by atoms with van der Waals surface area (Å²) < 4.78 is 5.21. The van der Waals surface area contributed by atoms with Crippen molar-refractivity contribution in [2.45, 2.75) is 52.0 Å². The summed E-state index contributed by atoms with van der Waals surface area (Å²) in [5, 5.41) is 6.98.